The number of nitrogens with one attached hydrogen (secondary N) is 3. The first-order valence-corrected chi connectivity index (χ1v) is 7.43. The van der Waals surface area contributed by atoms with Gasteiger partial charge in [0, 0.05) is 12.7 Å². The Morgan fingerprint density at radius 2 is 2.25 bits per heavy atom. The molecule has 2 aromatic rings. The minimum absolute atomic E-state index is 0.409. The Morgan fingerprint density at radius 3 is 3.00 bits per heavy atom. The highest BCUT2D eigenvalue weighted by molar-refractivity contribution is 6.05. The molecule has 4 N–H and O–H groups in total. The third-order valence-corrected chi connectivity index (χ3v) is 3.62. The number of imidazole rings is 1. The molecule has 1 saturated heterocycles. The van der Waals surface area contributed by atoms with Crippen molar-refractivity contribution in [2.75, 3.05) is 18.4 Å². The van der Waals surface area contributed by atoms with E-state index in [4.69, 9.17) is 5.11 Å². The number of nitrogens with zero attached hydrogens (tertiary/aromatic N) is 3. The van der Waals surface area contributed by atoms with E-state index in [0.29, 0.717) is 35.9 Å². The lowest BCUT2D eigenvalue weighted by atomic mass is 10.1. The number of carboxylic acid groups (broad SMARTS) is 1. The van der Waals surface area contributed by atoms with Gasteiger partial charge in [-0.05, 0) is 25.0 Å². The number of carboxylic acids is 1. The molecule has 0 aliphatic carbocycles. The molecule has 126 valence electrons. The number of aliphatic carboxylic acids is 1. The summed E-state index contributed by atoms with van der Waals surface area (Å²) in [6, 6.07) is 2.32. The second-order valence-electron chi connectivity index (χ2n) is 5.35. The molecule has 1 aliphatic rings. The molecule has 1 fully saturated rings. The number of hydrogen-bond donors (Lipinski definition) is 4. The molecule has 3 heterocycles. The number of rotatable bonds is 7. The second-order valence-corrected chi connectivity index (χ2v) is 5.35. The van der Waals surface area contributed by atoms with E-state index in [1.807, 2.05) is 12.1 Å². The van der Waals surface area contributed by atoms with Gasteiger partial charge in [0.2, 0.25) is 5.95 Å². The summed E-state index contributed by atoms with van der Waals surface area (Å²) in [5.74, 6) is -1.15. The highest BCUT2D eigenvalue weighted by Crippen LogP contribution is 2.13. The SMILES string of the molecule is O=C(O)CN1C(=O)NC(CCCNc2nc3ncccc3[nH]2)C1=O. The van der Waals surface area contributed by atoms with Crippen LogP contribution in [0.15, 0.2) is 18.3 Å². The first kappa shape index (κ1) is 15.7. The van der Waals surface area contributed by atoms with Gasteiger partial charge in [-0.2, -0.15) is 4.98 Å². The topological polar surface area (TPSA) is 140 Å². The van der Waals surface area contributed by atoms with E-state index >= 15 is 0 Å². The van der Waals surface area contributed by atoms with E-state index in [1.165, 1.54) is 0 Å². The number of imide groups is 1. The molecule has 10 nitrogen and oxygen atoms in total. The van der Waals surface area contributed by atoms with Crippen molar-refractivity contribution in [3.05, 3.63) is 18.3 Å². The Hall–Kier alpha value is -3.17. The molecule has 0 radical (unpaired) electrons. The van der Waals surface area contributed by atoms with Crippen LogP contribution in [0.1, 0.15) is 12.8 Å². The fourth-order valence-corrected chi connectivity index (χ4v) is 2.50. The highest BCUT2D eigenvalue weighted by atomic mass is 16.4. The summed E-state index contributed by atoms with van der Waals surface area (Å²) in [6.07, 6.45) is 2.67. The molecule has 0 aromatic carbocycles. The predicted molar refractivity (Wildman–Crippen MR) is 83.3 cm³/mol. The van der Waals surface area contributed by atoms with Gasteiger partial charge in [0.15, 0.2) is 5.65 Å². The predicted octanol–water partition coefficient (Wildman–Crippen LogP) is 0.155. The van der Waals surface area contributed by atoms with E-state index in [-0.39, 0.29) is 0 Å². The fourth-order valence-electron chi connectivity index (χ4n) is 2.50. The van der Waals surface area contributed by atoms with Crippen LogP contribution in [-0.2, 0) is 9.59 Å². The number of aromatic nitrogens is 3. The number of fused-ring (bicyclic) bond motifs is 1. The lowest BCUT2D eigenvalue weighted by Gasteiger charge is -2.10. The van der Waals surface area contributed by atoms with Crippen molar-refractivity contribution >= 4 is 35.0 Å². The van der Waals surface area contributed by atoms with Gasteiger partial charge >= 0.3 is 12.0 Å². The number of hydrogen-bond acceptors (Lipinski definition) is 6. The van der Waals surface area contributed by atoms with Crippen LogP contribution in [0.25, 0.3) is 11.2 Å². The van der Waals surface area contributed by atoms with Gasteiger partial charge < -0.3 is 20.7 Å². The normalized spacial score (nSPS) is 17.3. The summed E-state index contributed by atoms with van der Waals surface area (Å²) in [5, 5.41) is 14.3. The Bertz CT molecular complexity index is 755. The van der Waals surface area contributed by atoms with Crippen molar-refractivity contribution in [2.45, 2.75) is 18.9 Å². The lowest BCUT2D eigenvalue weighted by Crippen LogP contribution is -2.36. The van der Waals surface area contributed by atoms with Crippen molar-refractivity contribution in [1.29, 1.82) is 0 Å². The van der Waals surface area contributed by atoms with Crippen LogP contribution < -0.4 is 10.6 Å². The number of carbonyl (C=O) groups is 3. The Morgan fingerprint density at radius 1 is 1.42 bits per heavy atom. The Kier molecular flexibility index (Phi) is 4.27. The summed E-state index contributed by atoms with van der Waals surface area (Å²) in [7, 11) is 0. The first-order chi connectivity index (χ1) is 11.5. The van der Waals surface area contributed by atoms with E-state index in [9.17, 15) is 14.4 Å². The van der Waals surface area contributed by atoms with Crippen LogP contribution in [0.4, 0.5) is 10.7 Å². The number of aromatic amines is 1. The summed E-state index contributed by atoms with van der Waals surface area (Å²) >= 11 is 0. The molecule has 10 heteroatoms. The van der Waals surface area contributed by atoms with Crippen LogP contribution in [0.5, 0.6) is 0 Å². The molecule has 1 aliphatic heterocycles. The van der Waals surface area contributed by atoms with Crippen molar-refractivity contribution < 1.29 is 19.5 Å². The van der Waals surface area contributed by atoms with Crippen molar-refractivity contribution in [2.24, 2.45) is 0 Å². The summed E-state index contributed by atoms with van der Waals surface area (Å²) in [4.78, 5) is 46.4. The van der Waals surface area contributed by atoms with Crippen molar-refractivity contribution in [3.8, 4) is 0 Å². The Labute approximate surface area is 136 Å². The quantitative estimate of drug-likeness (QED) is 0.418. The van der Waals surface area contributed by atoms with E-state index in [2.05, 4.69) is 25.6 Å². The highest BCUT2D eigenvalue weighted by Gasteiger charge is 2.38. The van der Waals surface area contributed by atoms with Crippen molar-refractivity contribution in [1.82, 2.24) is 25.2 Å². The summed E-state index contributed by atoms with van der Waals surface area (Å²) < 4.78 is 0. The third kappa shape index (κ3) is 3.26. The van der Waals surface area contributed by atoms with Gasteiger partial charge in [0.25, 0.3) is 5.91 Å². The standard InChI is InChI=1S/C14H16N6O4/c21-10(22)7-20-12(23)9(18-14(20)24)4-2-6-16-13-17-8-3-1-5-15-11(8)19-13/h1,3,5,9H,2,4,6-7H2,(H,18,24)(H,21,22)(H2,15,16,17,19). The molecule has 0 saturated carbocycles. The van der Waals surface area contributed by atoms with Crippen molar-refractivity contribution in [3.63, 3.8) is 0 Å². The maximum atomic E-state index is 12.0. The van der Waals surface area contributed by atoms with Crippen LogP contribution in [0.3, 0.4) is 0 Å². The molecule has 1 unspecified atom stereocenters. The Balaban J connectivity index is 1.47. The molecule has 2 aromatic heterocycles. The number of pyridine rings is 1. The minimum atomic E-state index is -1.22. The minimum Gasteiger partial charge on any atom is -0.480 e. The van der Waals surface area contributed by atoms with E-state index in [1.54, 1.807) is 6.20 Å². The first-order valence-electron chi connectivity index (χ1n) is 7.43. The number of urea groups is 1. The van der Waals surface area contributed by atoms with Gasteiger partial charge in [0.1, 0.15) is 12.6 Å². The van der Waals surface area contributed by atoms with Crippen LogP contribution in [0.2, 0.25) is 0 Å². The van der Waals surface area contributed by atoms with Gasteiger partial charge in [-0.3, -0.25) is 14.5 Å². The number of anilines is 1. The van der Waals surface area contributed by atoms with Gasteiger partial charge in [-0.25, -0.2) is 9.78 Å². The third-order valence-electron chi connectivity index (χ3n) is 3.62. The molecule has 1 atom stereocenters. The van der Waals surface area contributed by atoms with Gasteiger partial charge in [-0.15, -0.1) is 0 Å². The lowest BCUT2D eigenvalue weighted by molar-refractivity contribution is -0.141. The molecule has 24 heavy (non-hydrogen) atoms. The van der Waals surface area contributed by atoms with Gasteiger partial charge in [-0.1, -0.05) is 0 Å². The average molecular weight is 332 g/mol. The molecular formula is C14H16N6O4. The maximum Gasteiger partial charge on any atom is 0.325 e. The zero-order valence-electron chi connectivity index (χ0n) is 12.7. The van der Waals surface area contributed by atoms with E-state index in [0.717, 1.165) is 5.52 Å². The largest absolute Gasteiger partial charge is 0.480 e. The maximum absolute atomic E-state index is 12.0. The van der Waals surface area contributed by atoms with Crippen LogP contribution in [0, 0.1) is 0 Å². The monoisotopic (exact) mass is 332 g/mol. The summed E-state index contributed by atoms with van der Waals surface area (Å²) in [5.41, 5.74) is 1.44. The van der Waals surface area contributed by atoms with Crippen LogP contribution >= 0.6 is 0 Å². The van der Waals surface area contributed by atoms with Crippen LogP contribution in [-0.4, -0.2) is 62.0 Å². The van der Waals surface area contributed by atoms with Gasteiger partial charge in [0.05, 0.1) is 5.52 Å². The zero-order valence-corrected chi connectivity index (χ0v) is 12.7. The number of carbonyl (C=O) groups excluding carboxylic acids is 2. The molecule has 0 spiro atoms. The molecular weight excluding hydrogens is 316 g/mol. The summed E-state index contributed by atoms with van der Waals surface area (Å²) in [6.45, 7) is -0.0796. The number of H-pyrrole nitrogens is 1. The second kappa shape index (κ2) is 6.52. The molecule has 3 rings (SSSR count). The smallest absolute Gasteiger partial charge is 0.325 e. The average Bonchev–Trinajstić information content (AvgIpc) is 3.07. The molecule has 0 bridgehead atoms. The zero-order chi connectivity index (χ0) is 17.1. The number of amides is 3. The van der Waals surface area contributed by atoms with E-state index < -0.39 is 30.5 Å². The molecule has 3 amide bonds. The fraction of sp³-hybridized carbons (Fsp3) is 0.357.